The van der Waals surface area contributed by atoms with E-state index in [-0.39, 0.29) is 5.78 Å². The van der Waals surface area contributed by atoms with E-state index in [0.29, 0.717) is 6.42 Å². The number of Topliss-reactive ketones (excluding diaryl/α,β-unsaturated/α-hetero) is 1. The van der Waals surface area contributed by atoms with Gasteiger partial charge in [0.15, 0.2) is 5.78 Å². The van der Waals surface area contributed by atoms with Crippen molar-refractivity contribution >= 4 is 5.78 Å². The van der Waals surface area contributed by atoms with Crippen LogP contribution in [0.4, 0.5) is 0 Å². The van der Waals surface area contributed by atoms with Gasteiger partial charge in [-0.05, 0) is 49.7 Å². The van der Waals surface area contributed by atoms with E-state index in [0.717, 1.165) is 37.2 Å². The second-order valence-corrected chi connectivity index (χ2v) is 5.91. The van der Waals surface area contributed by atoms with Crippen LogP contribution < -0.4 is 0 Å². The third kappa shape index (κ3) is 3.06. The molecule has 1 aromatic carbocycles. The number of carbonyl (C=O) groups excluding carboxylic acids is 1. The first-order chi connectivity index (χ1) is 9.07. The van der Waals surface area contributed by atoms with E-state index in [1.807, 2.05) is 18.2 Å². The van der Waals surface area contributed by atoms with Gasteiger partial charge in [0, 0.05) is 13.5 Å². The Bertz CT molecular complexity index is 442. The molecule has 1 aromatic rings. The monoisotopic (exact) mass is 260 g/mol. The first-order valence-corrected chi connectivity index (χ1v) is 7.20. The third-order valence-electron chi connectivity index (χ3n) is 4.59. The fourth-order valence-corrected chi connectivity index (χ4v) is 2.97. The van der Waals surface area contributed by atoms with Crippen LogP contribution in [0.5, 0.6) is 0 Å². The lowest BCUT2D eigenvalue weighted by molar-refractivity contribution is -0.145. The van der Waals surface area contributed by atoms with Crippen molar-refractivity contribution in [2.75, 3.05) is 7.11 Å². The van der Waals surface area contributed by atoms with Gasteiger partial charge in [-0.25, -0.2) is 0 Å². The Hall–Kier alpha value is -1.15. The van der Waals surface area contributed by atoms with E-state index in [2.05, 4.69) is 19.9 Å². The van der Waals surface area contributed by atoms with E-state index < -0.39 is 5.60 Å². The summed E-state index contributed by atoms with van der Waals surface area (Å²) in [4.78, 5) is 12.7. The van der Waals surface area contributed by atoms with Gasteiger partial charge in [-0.1, -0.05) is 31.2 Å². The molecular weight excluding hydrogens is 236 g/mol. The van der Waals surface area contributed by atoms with Crippen LogP contribution in [0, 0.1) is 12.8 Å². The lowest BCUT2D eigenvalue weighted by Crippen LogP contribution is -2.44. The number of ketones is 1. The van der Waals surface area contributed by atoms with Gasteiger partial charge in [-0.3, -0.25) is 4.79 Å². The highest BCUT2D eigenvalue weighted by molar-refractivity contribution is 5.89. The van der Waals surface area contributed by atoms with Gasteiger partial charge in [0.05, 0.1) is 0 Å². The Morgan fingerprint density at radius 2 is 1.95 bits per heavy atom. The largest absolute Gasteiger partial charge is 0.370 e. The summed E-state index contributed by atoms with van der Waals surface area (Å²) in [6.45, 7) is 4.32. The molecule has 0 heterocycles. The van der Waals surface area contributed by atoms with Crippen molar-refractivity contribution in [1.29, 1.82) is 0 Å². The van der Waals surface area contributed by atoms with Gasteiger partial charge >= 0.3 is 0 Å². The second-order valence-electron chi connectivity index (χ2n) is 5.91. The van der Waals surface area contributed by atoms with E-state index >= 15 is 0 Å². The first kappa shape index (κ1) is 14.3. The molecule has 0 unspecified atom stereocenters. The van der Waals surface area contributed by atoms with E-state index in [1.54, 1.807) is 7.11 Å². The van der Waals surface area contributed by atoms with Crippen LogP contribution in [-0.4, -0.2) is 18.5 Å². The van der Waals surface area contributed by atoms with E-state index in [9.17, 15) is 4.79 Å². The molecule has 0 aliphatic heterocycles. The van der Waals surface area contributed by atoms with Crippen molar-refractivity contribution in [2.45, 2.75) is 51.6 Å². The van der Waals surface area contributed by atoms with Gasteiger partial charge in [-0.2, -0.15) is 0 Å². The van der Waals surface area contributed by atoms with Crippen molar-refractivity contribution in [2.24, 2.45) is 5.92 Å². The summed E-state index contributed by atoms with van der Waals surface area (Å²) in [5, 5.41) is 0. The molecule has 0 amide bonds. The van der Waals surface area contributed by atoms with Crippen molar-refractivity contribution in [1.82, 2.24) is 0 Å². The fraction of sp³-hybridized carbons (Fsp3) is 0.588. The molecule has 1 aliphatic carbocycles. The molecular formula is C17H24O2. The zero-order valence-corrected chi connectivity index (χ0v) is 12.2. The topological polar surface area (TPSA) is 26.3 Å². The molecule has 0 saturated heterocycles. The molecule has 0 N–H and O–H groups in total. The molecule has 0 radical (unpaired) electrons. The highest BCUT2D eigenvalue weighted by Crippen LogP contribution is 2.35. The molecule has 0 bridgehead atoms. The SMILES string of the molecule is COC1(C(=O)Cc2ccccc2C)CCC(C)CC1. The van der Waals surface area contributed by atoms with Crippen molar-refractivity contribution in [3.05, 3.63) is 35.4 Å². The molecule has 0 spiro atoms. The predicted molar refractivity (Wildman–Crippen MR) is 77.3 cm³/mol. The number of rotatable bonds is 4. The van der Waals surface area contributed by atoms with Crippen LogP contribution in [-0.2, 0) is 16.0 Å². The van der Waals surface area contributed by atoms with Crippen molar-refractivity contribution in [3.63, 3.8) is 0 Å². The Balaban J connectivity index is 2.12. The number of methoxy groups -OCH3 is 1. The molecule has 0 aromatic heterocycles. The molecule has 1 aliphatic rings. The standard InChI is InChI=1S/C17H24O2/c1-13-8-10-17(19-3,11-9-13)16(18)12-15-7-5-4-6-14(15)2/h4-7,13H,8-12H2,1-3H3. The average molecular weight is 260 g/mol. The maximum Gasteiger partial charge on any atom is 0.168 e. The number of hydrogen-bond acceptors (Lipinski definition) is 2. The predicted octanol–water partition coefficient (Wildman–Crippen LogP) is 3.70. The first-order valence-electron chi connectivity index (χ1n) is 7.20. The molecule has 2 nitrogen and oxygen atoms in total. The maximum atomic E-state index is 12.7. The molecule has 2 rings (SSSR count). The fourth-order valence-electron chi connectivity index (χ4n) is 2.97. The summed E-state index contributed by atoms with van der Waals surface area (Å²) in [7, 11) is 1.69. The lowest BCUT2D eigenvalue weighted by Gasteiger charge is -2.37. The summed E-state index contributed by atoms with van der Waals surface area (Å²) >= 11 is 0. The number of benzene rings is 1. The normalized spacial score (nSPS) is 27.2. The number of aryl methyl sites for hydroxylation is 1. The minimum Gasteiger partial charge on any atom is -0.370 e. The smallest absolute Gasteiger partial charge is 0.168 e. The van der Waals surface area contributed by atoms with Crippen LogP contribution in [0.25, 0.3) is 0 Å². The summed E-state index contributed by atoms with van der Waals surface area (Å²) in [5.74, 6) is 0.964. The zero-order chi connectivity index (χ0) is 13.9. The number of hydrogen-bond donors (Lipinski definition) is 0. The molecule has 0 atom stereocenters. The van der Waals surface area contributed by atoms with Crippen LogP contribution in [0.15, 0.2) is 24.3 Å². The van der Waals surface area contributed by atoms with Crippen LogP contribution in [0.1, 0.15) is 43.7 Å². The van der Waals surface area contributed by atoms with Gasteiger partial charge in [0.2, 0.25) is 0 Å². The quantitative estimate of drug-likeness (QED) is 0.825. The van der Waals surface area contributed by atoms with Gasteiger partial charge in [0.25, 0.3) is 0 Å². The summed E-state index contributed by atoms with van der Waals surface area (Å²) in [6, 6.07) is 8.11. The summed E-state index contributed by atoms with van der Waals surface area (Å²) < 4.78 is 5.65. The zero-order valence-electron chi connectivity index (χ0n) is 12.2. The summed E-state index contributed by atoms with van der Waals surface area (Å²) in [5.41, 5.74) is 1.78. The average Bonchev–Trinajstić information content (AvgIpc) is 2.42. The Labute approximate surface area is 116 Å². The molecule has 104 valence electrons. The van der Waals surface area contributed by atoms with Crippen molar-refractivity contribution in [3.8, 4) is 0 Å². The highest BCUT2D eigenvalue weighted by atomic mass is 16.5. The van der Waals surface area contributed by atoms with Gasteiger partial charge < -0.3 is 4.74 Å². The Morgan fingerprint density at radius 3 is 2.53 bits per heavy atom. The minimum absolute atomic E-state index is 0.246. The molecule has 19 heavy (non-hydrogen) atoms. The van der Waals surface area contributed by atoms with Crippen LogP contribution >= 0.6 is 0 Å². The Kier molecular flexibility index (Phi) is 4.41. The Morgan fingerprint density at radius 1 is 1.32 bits per heavy atom. The van der Waals surface area contributed by atoms with E-state index in [1.165, 1.54) is 5.56 Å². The van der Waals surface area contributed by atoms with Crippen LogP contribution in [0.2, 0.25) is 0 Å². The number of ether oxygens (including phenoxy) is 1. The third-order valence-corrected chi connectivity index (χ3v) is 4.59. The number of carbonyl (C=O) groups is 1. The summed E-state index contributed by atoms with van der Waals surface area (Å²) in [6.07, 6.45) is 4.42. The van der Waals surface area contributed by atoms with Crippen LogP contribution in [0.3, 0.4) is 0 Å². The molecule has 1 saturated carbocycles. The molecule has 2 heteroatoms. The van der Waals surface area contributed by atoms with Gasteiger partial charge in [0.1, 0.15) is 5.60 Å². The van der Waals surface area contributed by atoms with Crippen molar-refractivity contribution < 1.29 is 9.53 Å². The lowest BCUT2D eigenvalue weighted by atomic mass is 9.75. The molecule has 1 fully saturated rings. The second kappa shape index (κ2) is 5.87. The maximum absolute atomic E-state index is 12.7. The minimum atomic E-state index is -0.533. The van der Waals surface area contributed by atoms with Gasteiger partial charge in [-0.15, -0.1) is 0 Å². The van der Waals surface area contributed by atoms with E-state index in [4.69, 9.17) is 4.74 Å². The highest BCUT2D eigenvalue weighted by Gasteiger charge is 2.40.